The van der Waals surface area contributed by atoms with Gasteiger partial charge in [0.25, 0.3) is 0 Å². The largest absolute Gasteiger partial charge is 0.437 e. The van der Waals surface area contributed by atoms with E-state index in [4.69, 9.17) is 14.4 Å². The number of aromatic nitrogens is 3. The lowest BCUT2D eigenvalue weighted by molar-refractivity contribution is 0.628. The fraction of sp³-hybridized carbons (Fsp3) is 0. The lowest BCUT2D eigenvalue weighted by Gasteiger charge is -2.14. The number of fused-ring (bicyclic) bond motifs is 9. The van der Waals surface area contributed by atoms with Crippen molar-refractivity contribution in [3.63, 3.8) is 0 Å². The Morgan fingerprint density at radius 1 is 0.424 bits per heavy atom. The maximum Gasteiger partial charge on any atom is 0.238 e. The molecule has 0 aliphatic heterocycles. The highest BCUT2D eigenvalue weighted by Gasteiger charge is 2.23. The molecule has 0 N–H and O–H groups in total. The van der Waals surface area contributed by atoms with Gasteiger partial charge in [0.2, 0.25) is 11.7 Å². The normalized spacial score (nSPS) is 11.8. The van der Waals surface area contributed by atoms with Crippen LogP contribution < -0.4 is 0 Å². The van der Waals surface area contributed by atoms with E-state index in [1.54, 1.807) is 0 Å². The third-order valence-corrected chi connectivity index (χ3v) is 11.7. The van der Waals surface area contributed by atoms with E-state index in [1.165, 1.54) is 12.1 Å². The van der Waals surface area contributed by atoms with Crippen LogP contribution in [0.25, 0.3) is 116 Å². The van der Waals surface area contributed by atoms with Crippen LogP contribution in [0.4, 0.5) is 4.39 Å². The third kappa shape index (κ3) is 5.29. The molecule has 0 aliphatic rings. The van der Waals surface area contributed by atoms with Crippen LogP contribution in [0.2, 0.25) is 0 Å². The molecule has 276 valence electrons. The van der Waals surface area contributed by atoms with Gasteiger partial charge in [-0.25, -0.2) is 9.37 Å². The van der Waals surface area contributed by atoms with Crippen molar-refractivity contribution in [1.29, 1.82) is 0 Å². The second-order valence-electron chi connectivity index (χ2n) is 15.1. The molecule has 59 heavy (non-hydrogen) atoms. The molecule has 0 saturated heterocycles. The minimum atomic E-state index is -0.254. The number of hydrogen-bond acceptors (Lipinski definition) is 3. The van der Waals surface area contributed by atoms with Gasteiger partial charge in [-0.1, -0.05) is 158 Å². The summed E-state index contributed by atoms with van der Waals surface area (Å²) in [6, 6.07) is 66.2. The standard InChI is InChI=1S/C54H32FN3O/c55-40-27-23-35(24-28-40)41-20-9-14-36-15-10-21-42(49(36)41)38-16-8-17-39(31-38)51-50-45-19-6-7-22-48(45)59-53(50)57-54(56-51)58-47-30-26-37(33-11-2-1-3-12-33)32-46(47)44-29-25-34-13-4-5-18-43(34)52(44)58/h1-32H. The van der Waals surface area contributed by atoms with Crippen LogP contribution in [0, 0.1) is 5.82 Å². The van der Waals surface area contributed by atoms with Gasteiger partial charge >= 0.3 is 0 Å². The van der Waals surface area contributed by atoms with Crippen LogP contribution in [0.3, 0.4) is 0 Å². The average molecular weight is 758 g/mol. The van der Waals surface area contributed by atoms with Crippen molar-refractivity contribution in [2.45, 2.75) is 0 Å². The first-order valence-corrected chi connectivity index (χ1v) is 19.8. The van der Waals surface area contributed by atoms with Crippen molar-refractivity contribution < 1.29 is 8.81 Å². The molecule has 0 saturated carbocycles. The van der Waals surface area contributed by atoms with Gasteiger partial charge in [-0.05, 0) is 85.9 Å². The van der Waals surface area contributed by atoms with Gasteiger partial charge in [-0.2, -0.15) is 4.98 Å². The number of hydrogen-bond donors (Lipinski definition) is 0. The van der Waals surface area contributed by atoms with E-state index in [-0.39, 0.29) is 5.82 Å². The fourth-order valence-electron chi connectivity index (χ4n) is 9.00. The van der Waals surface area contributed by atoms with Gasteiger partial charge in [0.1, 0.15) is 11.4 Å². The number of para-hydroxylation sites is 1. The van der Waals surface area contributed by atoms with E-state index >= 15 is 0 Å². The zero-order valence-electron chi connectivity index (χ0n) is 31.6. The fourth-order valence-corrected chi connectivity index (χ4v) is 9.00. The van der Waals surface area contributed by atoms with Gasteiger partial charge in [-0.15, -0.1) is 0 Å². The van der Waals surface area contributed by atoms with Crippen molar-refractivity contribution >= 4 is 65.4 Å². The van der Waals surface area contributed by atoms with Crippen LogP contribution in [0.15, 0.2) is 199 Å². The second-order valence-corrected chi connectivity index (χ2v) is 15.1. The summed E-state index contributed by atoms with van der Waals surface area (Å²) in [5.74, 6) is 0.278. The topological polar surface area (TPSA) is 43.9 Å². The summed E-state index contributed by atoms with van der Waals surface area (Å²) in [5.41, 5.74) is 11.5. The lowest BCUT2D eigenvalue weighted by atomic mass is 9.90. The van der Waals surface area contributed by atoms with E-state index in [0.29, 0.717) is 11.7 Å². The van der Waals surface area contributed by atoms with E-state index in [1.807, 2.05) is 36.4 Å². The molecule has 3 aromatic heterocycles. The predicted octanol–water partition coefficient (Wildman–Crippen LogP) is 14.6. The first kappa shape index (κ1) is 33.3. The van der Waals surface area contributed by atoms with Crippen LogP contribution in [-0.4, -0.2) is 14.5 Å². The summed E-state index contributed by atoms with van der Waals surface area (Å²) < 4.78 is 22.9. The zero-order chi connectivity index (χ0) is 39.0. The van der Waals surface area contributed by atoms with E-state index in [9.17, 15) is 4.39 Å². The van der Waals surface area contributed by atoms with E-state index in [2.05, 4.69) is 150 Å². The summed E-state index contributed by atoms with van der Waals surface area (Å²) >= 11 is 0. The van der Waals surface area contributed by atoms with Gasteiger partial charge in [0.05, 0.1) is 22.1 Å². The Morgan fingerprint density at radius 3 is 1.95 bits per heavy atom. The van der Waals surface area contributed by atoms with E-state index in [0.717, 1.165) is 104 Å². The first-order valence-electron chi connectivity index (χ1n) is 19.8. The SMILES string of the molecule is Fc1ccc(-c2cccc3cccc(-c4cccc(-c5nc(-n6c7ccc(-c8ccccc8)cc7c7ccc8ccccc8c76)nc6oc7ccccc7c56)c4)c23)cc1. The van der Waals surface area contributed by atoms with Crippen LogP contribution >= 0.6 is 0 Å². The number of nitrogens with zero attached hydrogens (tertiary/aromatic N) is 3. The summed E-state index contributed by atoms with van der Waals surface area (Å²) in [4.78, 5) is 10.8. The smallest absolute Gasteiger partial charge is 0.238 e. The molecule has 5 heteroatoms. The van der Waals surface area contributed by atoms with Crippen LogP contribution in [-0.2, 0) is 0 Å². The monoisotopic (exact) mass is 757 g/mol. The third-order valence-electron chi connectivity index (χ3n) is 11.7. The Morgan fingerprint density at radius 2 is 1.10 bits per heavy atom. The van der Waals surface area contributed by atoms with Crippen molar-refractivity contribution in [2.75, 3.05) is 0 Å². The summed E-state index contributed by atoms with van der Waals surface area (Å²) in [5, 5.41) is 8.54. The zero-order valence-corrected chi connectivity index (χ0v) is 31.6. The Labute approximate surface area is 338 Å². The number of halogens is 1. The van der Waals surface area contributed by atoms with Crippen molar-refractivity contribution in [1.82, 2.24) is 14.5 Å². The van der Waals surface area contributed by atoms with Crippen molar-refractivity contribution in [3.05, 3.63) is 200 Å². The lowest BCUT2D eigenvalue weighted by Crippen LogP contribution is -2.03. The molecule has 0 unspecified atom stereocenters. The molecule has 0 aliphatic carbocycles. The Balaban J connectivity index is 1.13. The molecule has 0 bridgehead atoms. The van der Waals surface area contributed by atoms with Crippen LogP contribution in [0.1, 0.15) is 0 Å². The molecule has 0 fully saturated rings. The molecule has 0 spiro atoms. The number of rotatable bonds is 5. The molecule has 4 nitrogen and oxygen atoms in total. The van der Waals surface area contributed by atoms with Gasteiger partial charge in [-0.3, -0.25) is 4.57 Å². The Hall–Kier alpha value is -7.89. The minimum absolute atomic E-state index is 0.254. The average Bonchev–Trinajstić information content (AvgIpc) is 3.84. The highest BCUT2D eigenvalue weighted by molar-refractivity contribution is 6.19. The summed E-state index contributed by atoms with van der Waals surface area (Å²) in [7, 11) is 0. The second kappa shape index (κ2) is 13.1. The van der Waals surface area contributed by atoms with E-state index < -0.39 is 0 Å². The Bertz CT molecular complexity index is 3620. The quantitative estimate of drug-likeness (QED) is 0.176. The van der Waals surface area contributed by atoms with Crippen molar-refractivity contribution in [2.24, 2.45) is 0 Å². The van der Waals surface area contributed by atoms with Gasteiger partial charge < -0.3 is 4.42 Å². The molecule has 12 aromatic rings. The number of benzene rings is 9. The molecule has 12 rings (SSSR count). The molecule has 0 atom stereocenters. The Kier molecular flexibility index (Phi) is 7.38. The molecule has 0 amide bonds. The maximum atomic E-state index is 14.1. The van der Waals surface area contributed by atoms with Gasteiger partial charge in [0, 0.05) is 27.1 Å². The molecule has 3 heterocycles. The molecule has 9 aromatic carbocycles. The van der Waals surface area contributed by atoms with Crippen LogP contribution in [0.5, 0.6) is 0 Å². The van der Waals surface area contributed by atoms with Crippen molar-refractivity contribution in [3.8, 4) is 50.6 Å². The summed E-state index contributed by atoms with van der Waals surface area (Å²) in [6.07, 6.45) is 0. The highest BCUT2D eigenvalue weighted by atomic mass is 19.1. The first-order chi connectivity index (χ1) is 29.2. The van der Waals surface area contributed by atoms with Gasteiger partial charge in [0.15, 0.2) is 0 Å². The molecular weight excluding hydrogens is 726 g/mol. The molecular formula is C54H32FN3O. The maximum absolute atomic E-state index is 14.1. The predicted molar refractivity (Wildman–Crippen MR) is 240 cm³/mol. The summed E-state index contributed by atoms with van der Waals surface area (Å²) in [6.45, 7) is 0. The minimum Gasteiger partial charge on any atom is -0.437 e. The number of furan rings is 1. The molecule has 0 radical (unpaired) electrons. The highest BCUT2D eigenvalue weighted by Crippen LogP contribution is 2.42.